The van der Waals surface area contributed by atoms with Crippen LogP contribution in [0.4, 0.5) is 34.1 Å². The van der Waals surface area contributed by atoms with E-state index in [0.29, 0.717) is 23.7 Å². The summed E-state index contributed by atoms with van der Waals surface area (Å²) in [4.78, 5) is 9.77. The highest BCUT2D eigenvalue weighted by Crippen LogP contribution is 2.44. The number of nitrogens with zero attached hydrogens (tertiary/aromatic N) is 7. The standard InChI is InChI=1S/C59H56BN7/c1-37(2)47-21-15-22-48(38(3)4)57(47)41-31-62-64(35-41)45-25-27-53-51(29-45)60-52-30-46(65-36-42(32-63-65)58-49(39(5)6)23-16-24-50(58)40(7)8)26-28-54(52)67(44-19-13-10-14-20-44)56-34-61-33-55(59(56)60)66(53)43-17-11-9-12-18-43/h9-40H,1-8H3. The topological polar surface area (TPSA) is 55.0 Å². The molecule has 7 nitrogen and oxygen atoms in total. The van der Waals surface area contributed by atoms with E-state index in [1.54, 1.807) is 0 Å². The van der Waals surface area contributed by atoms with Crippen LogP contribution in [0.5, 0.6) is 0 Å². The number of hydrogen-bond donors (Lipinski definition) is 0. The Kier molecular flexibility index (Phi) is 10.6. The third-order valence-corrected chi connectivity index (χ3v) is 13.9. The summed E-state index contributed by atoms with van der Waals surface area (Å²) in [5.41, 5.74) is 22.4. The first-order valence-electron chi connectivity index (χ1n) is 23.9. The van der Waals surface area contributed by atoms with Gasteiger partial charge in [-0.3, -0.25) is 4.98 Å². The van der Waals surface area contributed by atoms with E-state index in [4.69, 9.17) is 15.2 Å². The summed E-state index contributed by atoms with van der Waals surface area (Å²) in [5.74, 6) is 1.51. The smallest absolute Gasteiger partial charge is 0.252 e. The molecule has 3 aromatic heterocycles. The quantitative estimate of drug-likeness (QED) is 0.128. The molecule has 0 N–H and O–H groups in total. The highest BCUT2D eigenvalue weighted by molar-refractivity contribution is 7.00. The molecule has 0 fully saturated rings. The summed E-state index contributed by atoms with van der Waals surface area (Å²) < 4.78 is 4.13. The summed E-state index contributed by atoms with van der Waals surface area (Å²) in [5, 5.41) is 10.2. The molecule has 0 saturated heterocycles. The van der Waals surface area contributed by atoms with Crippen LogP contribution in [0, 0.1) is 0 Å². The van der Waals surface area contributed by atoms with E-state index in [2.05, 4.69) is 220 Å². The van der Waals surface area contributed by atoms with Gasteiger partial charge < -0.3 is 9.80 Å². The van der Waals surface area contributed by atoms with Crippen molar-refractivity contribution in [3.63, 3.8) is 0 Å². The second kappa shape index (κ2) is 16.8. The SMILES string of the molecule is CC(C)c1cccc(C(C)C)c1-c1cnn(-c2ccc3c(c2)B2c4cc(-n5cc(-c6c(C(C)C)cccc6C(C)C)cn5)ccc4N(c4ccccc4)c4cncc(c42)N3c2ccccc2)c1. The molecule has 0 aliphatic carbocycles. The second-order valence-corrected chi connectivity index (χ2v) is 19.4. The molecular formula is C59H56BN7. The molecule has 0 spiro atoms. The molecule has 0 saturated carbocycles. The minimum absolute atomic E-state index is 0.133. The van der Waals surface area contributed by atoms with Crippen molar-refractivity contribution in [2.75, 3.05) is 9.80 Å². The van der Waals surface area contributed by atoms with Crippen molar-refractivity contribution in [1.82, 2.24) is 24.5 Å². The lowest BCUT2D eigenvalue weighted by atomic mass is 9.33. The lowest BCUT2D eigenvalue weighted by Crippen LogP contribution is -2.61. The Hall–Kier alpha value is -7.45. The monoisotopic (exact) mass is 873 g/mol. The molecule has 11 rings (SSSR count). The van der Waals surface area contributed by atoms with E-state index in [9.17, 15) is 0 Å². The number of fused-ring (bicyclic) bond motifs is 4. The van der Waals surface area contributed by atoms with Gasteiger partial charge in [-0.1, -0.05) is 128 Å². The average molecular weight is 874 g/mol. The highest BCUT2D eigenvalue weighted by Gasteiger charge is 2.44. The molecule has 0 bridgehead atoms. The van der Waals surface area contributed by atoms with Gasteiger partial charge in [0.05, 0.1) is 47.5 Å². The molecule has 0 unspecified atom stereocenters. The van der Waals surface area contributed by atoms with Gasteiger partial charge in [-0.15, -0.1) is 0 Å². The van der Waals surface area contributed by atoms with Gasteiger partial charge in [-0.2, -0.15) is 10.2 Å². The fraction of sp³-hybridized carbons (Fsp3) is 0.203. The van der Waals surface area contributed by atoms with Crippen LogP contribution in [0.3, 0.4) is 0 Å². The number of rotatable bonds is 10. The van der Waals surface area contributed by atoms with Gasteiger partial charge in [0, 0.05) is 46.3 Å². The largest absolute Gasteiger partial charge is 0.310 e. The molecule has 67 heavy (non-hydrogen) atoms. The minimum Gasteiger partial charge on any atom is -0.310 e. The lowest BCUT2D eigenvalue weighted by Gasteiger charge is -2.43. The third-order valence-electron chi connectivity index (χ3n) is 13.9. The van der Waals surface area contributed by atoms with E-state index in [1.807, 2.05) is 24.8 Å². The second-order valence-electron chi connectivity index (χ2n) is 19.4. The Morgan fingerprint density at radius 2 is 0.776 bits per heavy atom. The molecule has 2 aliphatic rings. The van der Waals surface area contributed by atoms with Crippen LogP contribution < -0.4 is 26.2 Å². The van der Waals surface area contributed by atoms with Crippen molar-refractivity contribution < 1.29 is 0 Å². The number of benzene rings is 6. The minimum atomic E-state index is -0.133. The number of pyridine rings is 1. The maximum absolute atomic E-state index is 5.10. The predicted molar refractivity (Wildman–Crippen MR) is 280 cm³/mol. The van der Waals surface area contributed by atoms with Crippen molar-refractivity contribution in [2.45, 2.75) is 79.1 Å². The van der Waals surface area contributed by atoms with Crippen LogP contribution >= 0.6 is 0 Å². The maximum atomic E-state index is 5.10. The van der Waals surface area contributed by atoms with Gasteiger partial charge in [-0.25, -0.2) is 9.36 Å². The Balaban J connectivity index is 1.12. The van der Waals surface area contributed by atoms with Gasteiger partial charge in [0.15, 0.2) is 0 Å². The molecule has 330 valence electrons. The van der Waals surface area contributed by atoms with Crippen LogP contribution in [-0.4, -0.2) is 31.3 Å². The summed E-state index contributed by atoms with van der Waals surface area (Å²) >= 11 is 0. The van der Waals surface area contributed by atoms with Gasteiger partial charge in [-0.05, 0) is 134 Å². The zero-order valence-electron chi connectivity index (χ0n) is 39.7. The van der Waals surface area contributed by atoms with E-state index < -0.39 is 0 Å². The lowest BCUT2D eigenvalue weighted by molar-refractivity contribution is 0.838. The molecule has 2 aliphatic heterocycles. The predicted octanol–water partition coefficient (Wildman–Crippen LogP) is 13.4. The molecular weight excluding hydrogens is 818 g/mol. The van der Waals surface area contributed by atoms with Crippen LogP contribution in [0.1, 0.15) is 101 Å². The molecule has 0 radical (unpaired) electrons. The molecule has 0 atom stereocenters. The van der Waals surface area contributed by atoms with Crippen molar-refractivity contribution in [3.05, 3.63) is 193 Å². The Morgan fingerprint density at radius 1 is 0.388 bits per heavy atom. The summed E-state index contributed by atoms with van der Waals surface area (Å²) in [6.45, 7) is 18.1. The summed E-state index contributed by atoms with van der Waals surface area (Å²) in [6, 6.07) is 48.6. The van der Waals surface area contributed by atoms with Crippen LogP contribution in [0.2, 0.25) is 0 Å². The van der Waals surface area contributed by atoms with Crippen molar-refractivity contribution in [2.24, 2.45) is 0 Å². The Bertz CT molecular complexity index is 3020. The summed E-state index contributed by atoms with van der Waals surface area (Å²) in [7, 11) is 0. The number of aromatic nitrogens is 5. The third kappa shape index (κ3) is 7.09. The fourth-order valence-corrected chi connectivity index (χ4v) is 10.7. The number of hydrogen-bond acceptors (Lipinski definition) is 5. The Morgan fingerprint density at radius 3 is 1.15 bits per heavy atom. The van der Waals surface area contributed by atoms with E-state index in [0.717, 1.165) is 56.6 Å². The number of anilines is 6. The average Bonchev–Trinajstić information content (AvgIpc) is 4.05. The maximum Gasteiger partial charge on any atom is 0.252 e. The summed E-state index contributed by atoms with van der Waals surface area (Å²) in [6.07, 6.45) is 12.6. The first kappa shape index (κ1) is 42.2. The molecule has 0 amide bonds. The first-order chi connectivity index (χ1) is 32.6. The van der Waals surface area contributed by atoms with Crippen LogP contribution in [0.25, 0.3) is 33.6 Å². The van der Waals surface area contributed by atoms with E-state index in [1.165, 1.54) is 49.8 Å². The number of para-hydroxylation sites is 2. The zero-order valence-corrected chi connectivity index (χ0v) is 39.7. The highest BCUT2D eigenvalue weighted by atomic mass is 15.3. The molecule has 8 heteroatoms. The van der Waals surface area contributed by atoms with Gasteiger partial charge in [0.1, 0.15) is 0 Å². The van der Waals surface area contributed by atoms with Crippen LogP contribution in [0.15, 0.2) is 171 Å². The normalized spacial score (nSPS) is 12.9. The fourth-order valence-electron chi connectivity index (χ4n) is 10.7. The van der Waals surface area contributed by atoms with E-state index in [-0.39, 0.29) is 6.71 Å². The van der Waals surface area contributed by atoms with E-state index >= 15 is 0 Å². The van der Waals surface area contributed by atoms with Crippen LogP contribution in [-0.2, 0) is 0 Å². The molecule has 6 aromatic carbocycles. The zero-order chi connectivity index (χ0) is 46.1. The van der Waals surface area contributed by atoms with Gasteiger partial charge in [0.2, 0.25) is 0 Å². The van der Waals surface area contributed by atoms with Crippen molar-refractivity contribution >= 4 is 57.2 Å². The van der Waals surface area contributed by atoms with Gasteiger partial charge in [0.25, 0.3) is 6.71 Å². The van der Waals surface area contributed by atoms with Crippen molar-refractivity contribution in [1.29, 1.82) is 0 Å². The van der Waals surface area contributed by atoms with Crippen molar-refractivity contribution in [3.8, 4) is 33.6 Å². The first-order valence-corrected chi connectivity index (χ1v) is 23.9. The Labute approximate surface area is 395 Å². The van der Waals surface area contributed by atoms with Gasteiger partial charge >= 0.3 is 0 Å². The molecule has 9 aromatic rings. The molecule has 5 heterocycles.